The highest BCUT2D eigenvalue weighted by atomic mass is 79.9. The zero-order valence-electron chi connectivity index (χ0n) is 12.4. The molecular formula is C15H18BrN3O2. The maximum atomic E-state index is 12.4. The molecule has 21 heavy (non-hydrogen) atoms. The fourth-order valence-electron chi connectivity index (χ4n) is 2.52. The summed E-state index contributed by atoms with van der Waals surface area (Å²) in [5.41, 5.74) is 2.43. The molecule has 0 unspecified atom stereocenters. The van der Waals surface area contributed by atoms with Crippen LogP contribution >= 0.6 is 15.9 Å². The van der Waals surface area contributed by atoms with Crippen LogP contribution in [0.5, 0.6) is 0 Å². The van der Waals surface area contributed by atoms with Gasteiger partial charge in [0.1, 0.15) is 15.9 Å². The molecule has 0 fully saturated rings. The van der Waals surface area contributed by atoms with Crippen LogP contribution in [0.2, 0.25) is 0 Å². The van der Waals surface area contributed by atoms with Crippen molar-refractivity contribution in [2.75, 3.05) is 11.4 Å². The quantitative estimate of drug-likeness (QED) is 0.725. The Hall–Kier alpha value is -1.56. The minimum absolute atomic E-state index is 0.293. The van der Waals surface area contributed by atoms with E-state index in [9.17, 15) is 4.79 Å². The normalized spacial score (nSPS) is 15.1. The molecular weight excluding hydrogens is 334 g/mol. The highest BCUT2D eigenvalue weighted by Gasteiger charge is 2.28. The molecule has 0 N–H and O–H groups in total. The molecule has 0 radical (unpaired) electrons. The molecule has 0 bridgehead atoms. The summed E-state index contributed by atoms with van der Waals surface area (Å²) < 4.78 is 8.31. The first-order valence-corrected chi connectivity index (χ1v) is 7.80. The van der Waals surface area contributed by atoms with E-state index in [1.165, 1.54) is 0 Å². The van der Waals surface area contributed by atoms with Crippen LogP contribution in [0.25, 0.3) is 5.65 Å². The Bertz CT molecular complexity index is 703. The van der Waals surface area contributed by atoms with Gasteiger partial charge in [-0.3, -0.25) is 9.30 Å². The van der Waals surface area contributed by atoms with Crippen molar-refractivity contribution in [2.45, 2.75) is 39.2 Å². The fraction of sp³-hybridized carbons (Fsp3) is 0.467. The van der Waals surface area contributed by atoms with Crippen molar-refractivity contribution in [3.63, 3.8) is 0 Å². The number of hydrogen-bond acceptors (Lipinski definition) is 3. The van der Waals surface area contributed by atoms with Gasteiger partial charge in [0.2, 0.25) is 0 Å². The molecule has 0 aromatic carbocycles. The number of aromatic nitrogens is 2. The highest BCUT2D eigenvalue weighted by molar-refractivity contribution is 9.10. The van der Waals surface area contributed by atoms with Gasteiger partial charge in [-0.05, 0) is 61.2 Å². The van der Waals surface area contributed by atoms with E-state index >= 15 is 0 Å². The number of rotatable bonds is 0. The Morgan fingerprint density at radius 1 is 1.43 bits per heavy atom. The van der Waals surface area contributed by atoms with E-state index in [-0.39, 0.29) is 6.09 Å². The summed E-state index contributed by atoms with van der Waals surface area (Å²) in [6.45, 7) is 6.32. The van der Waals surface area contributed by atoms with Crippen molar-refractivity contribution in [3.05, 3.63) is 28.6 Å². The second-order valence-electron chi connectivity index (χ2n) is 6.23. The van der Waals surface area contributed by atoms with Gasteiger partial charge in [-0.2, -0.15) is 0 Å². The number of anilines is 1. The van der Waals surface area contributed by atoms with Crippen molar-refractivity contribution in [2.24, 2.45) is 0 Å². The van der Waals surface area contributed by atoms with Gasteiger partial charge < -0.3 is 4.74 Å². The predicted molar refractivity (Wildman–Crippen MR) is 84.8 cm³/mol. The third kappa shape index (κ3) is 2.77. The van der Waals surface area contributed by atoms with Crippen LogP contribution in [0.1, 0.15) is 32.8 Å². The van der Waals surface area contributed by atoms with Crippen LogP contribution in [0.15, 0.2) is 23.1 Å². The molecule has 2 aromatic heterocycles. The minimum atomic E-state index is -0.492. The predicted octanol–water partition coefficient (Wildman–Crippen LogP) is 3.78. The largest absolute Gasteiger partial charge is 0.443 e. The lowest BCUT2D eigenvalue weighted by molar-refractivity contribution is 0.0577. The summed E-state index contributed by atoms with van der Waals surface area (Å²) in [5.74, 6) is 0. The van der Waals surface area contributed by atoms with E-state index in [4.69, 9.17) is 4.74 Å². The van der Waals surface area contributed by atoms with E-state index < -0.39 is 5.60 Å². The second kappa shape index (κ2) is 5.02. The van der Waals surface area contributed by atoms with Crippen LogP contribution in [-0.4, -0.2) is 27.6 Å². The standard InChI is InChI=1S/C15H18BrN3O2/c1-15(2,3)21-14(20)18-6-4-5-10-7-13-17-8-12(16)19(13)9-11(10)18/h7-9H,4-6H2,1-3H3. The van der Waals surface area contributed by atoms with Gasteiger partial charge >= 0.3 is 6.09 Å². The first kappa shape index (κ1) is 14.4. The number of hydrogen-bond donors (Lipinski definition) is 0. The molecule has 0 atom stereocenters. The lowest BCUT2D eigenvalue weighted by atomic mass is 10.0. The number of imidazole rings is 1. The minimum Gasteiger partial charge on any atom is -0.443 e. The smallest absolute Gasteiger partial charge is 0.414 e. The number of fused-ring (bicyclic) bond motifs is 2. The average Bonchev–Trinajstić information content (AvgIpc) is 2.75. The molecule has 1 amide bonds. The maximum absolute atomic E-state index is 12.4. The number of halogens is 1. The number of carbonyl (C=O) groups excluding carboxylic acids is 1. The second-order valence-corrected chi connectivity index (χ2v) is 7.04. The third-order valence-corrected chi connectivity index (χ3v) is 3.98. The zero-order chi connectivity index (χ0) is 15.2. The molecule has 0 saturated heterocycles. The molecule has 6 heteroatoms. The number of amides is 1. The topological polar surface area (TPSA) is 46.8 Å². The Morgan fingerprint density at radius 2 is 2.19 bits per heavy atom. The molecule has 0 aliphatic carbocycles. The summed E-state index contributed by atoms with van der Waals surface area (Å²) in [5, 5.41) is 0. The van der Waals surface area contributed by atoms with Gasteiger partial charge in [-0.1, -0.05) is 0 Å². The van der Waals surface area contributed by atoms with Crippen molar-refractivity contribution < 1.29 is 9.53 Å². The van der Waals surface area contributed by atoms with Crippen LogP contribution in [-0.2, 0) is 11.2 Å². The van der Waals surface area contributed by atoms with Crippen molar-refractivity contribution >= 4 is 33.4 Å². The van der Waals surface area contributed by atoms with Crippen molar-refractivity contribution in [1.29, 1.82) is 0 Å². The monoisotopic (exact) mass is 351 g/mol. The Labute approximate surface area is 132 Å². The van der Waals surface area contributed by atoms with Crippen molar-refractivity contribution in [3.8, 4) is 0 Å². The number of ether oxygens (including phenoxy) is 1. The molecule has 3 rings (SSSR count). The molecule has 1 aliphatic heterocycles. The van der Waals surface area contributed by atoms with Crippen molar-refractivity contribution in [1.82, 2.24) is 9.38 Å². The molecule has 1 aliphatic rings. The Kier molecular flexibility index (Phi) is 3.43. The first-order valence-electron chi connectivity index (χ1n) is 7.01. The lowest BCUT2D eigenvalue weighted by Gasteiger charge is -2.31. The van der Waals surface area contributed by atoms with E-state index in [2.05, 4.69) is 20.9 Å². The summed E-state index contributed by atoms with van der Waals surface area (Å²) >= 11 is 3.47. The molecule has 0 spiro atoms. The SMILES string of the molecule is CC(C)(C)OC(=O)N1CCCc2cc3ncc(Br)n3cc21. The van der Waals surface area contributed by atoms with Gasteiger partial charge in [0, 0.05) is 12.7 Å². The van der Waals surface area contributed by atoms with Gasteiger partial charge in [-0.15, -0.1) is 0 Å². The van der Waals surface area contributed by atoms with E-state index in [0.29, 0.717) is 6.54 Å². The number of aryl methyl sites for hydroxylation is 1. The van der Waals surface area contributed by atoms with Gasteiger partial charge in [0.15, 0.2) is 0 Å². The fourth-order valence-corrected chi connectivity index (χ4v) is 2.91. The maximum Gasteiger partial charge on any atom is 0.414 e. The van der Waals surface area contributed by atoms with Crippen LogP contribution in [0.4, 0.5) is 10.5 Å². The van der Waals surface area contributed by atoms with E-state index in [1.807, 2.05) is 37.4 Å². The Morgan fingerprint density at radius 3 is 2.90 bits per heavy atom. The first-order chi connectivity index (χ1) is 9.85. The molecule has 5 nitrogen and oxygen atoms in total. The van der Waals surface area contributed by atoms with Gasteiger partial charge in [-0.25, -0.2) is 9.78 Å². The van der Waals surface area contributed by atoms with Crippen LogP contribution in [0.3, 0.4) is 0 Å². The number of nitrogens with zero attached hydrogens (tertiary/aromatic N) is 3. The summed E-state index contributed by atoms with van der Waals surface area (Å²) in [4.78, 5) is 18.5. The number of carbonyl (C=O) groups is 1. The van der Waals surface area contributed by atoms with Gasteiger partial charge in [0.25, 0.3) is 0 Å². The average molecular weight is 352 g/mol. The summed E-state index contributed by atoms with van der Waals surface area (Å²) in [6, 6.07) is 2.04. The molecule has 3 heterocycles. The van der Waals surface area contributed by atoms with Crippen LogP contribution in [0, 0.1) is 0 Å². The molecule has 112 valence electrons. The van der Waals surface area contributed by atoms with E-state index in [1.54, 1.807) is 11.1 Å². The zero-order valence-corrected chi connectivity index (χ0v) is 14.0. The van der Waals surface area contributed by atoms with Gasteiger partial charge in [0.05, 0.1) is 11.9 Å². The Balaban J connectivity index is 2.02. The lowest BCUT2D eigenvalue weighted by Crippen LogP contribution is -2.40. The summed E-state index contributed by atoms with van der Waals surface area (Å²) in [7, 11) is 0. The summed E-state index contributed by atoms with van der Waals surface area (Å²) in [6.07, 6.45) is 5.31. The van der Waals surface area contributed by atoms with E-state index in [0.717, 1.165) is 34.3 Å². The highest BCUT2D eigenvalue weighted by Crippen LogP contribution is 2.30. The molecule has 0 saturated carbocycles. The molecule has 2 aromatic rings. The third-order valence-electron chi connectivity index (χ3n) is 3.40. The number of pyridine rings is 1. The van der Waals surface area contributed by atoms with Crippen LogP contribution < -0.4 is 4.90 Å².